The molecule has 9 nitrogen and oxygen atoms in total. The molecule has 170 valence electrons. The van der Waals surface area contributed by atoms with E-state index in [0.29, 0.717) is 43.8 Å². The molecule has 0 aromatic carbocycles. The molecule has 1 fully saturated rings. The van der Waals surface area contributed by atoms with E-state index in [1.165, 1.54) is 4.90 Å². The minimum atomic E-state index is -0.529. The van der Waals surface area contributed by atoms with Crippen molar-refractivity contribution in [2.45, 2.75) is 26.2 Å². The lowest BCUT2D eigenvalue weighted by Gasteiger charge is -2.35. The highest BCUT2D eigenvalue weighted by Gasteiger charge is 2.36. The Hall–Kier alpha value is -1.97. The maximum absolute atomic E-state index is 13.0. The van der Waals surface area contributed by atoms with Gasteiger partial charge in [-0.05, 0) is 19.8 Å². The van der Waals surface area contributed by atoms with Gasteiger partial charge in [-0.2, -0.15) is 0 Å². The zero-order valence-electron chi connectivity index (χ0n) is 18.7. The normalized spacial score (nSPS) is 20.5. The molecule has 0 aliphatic carbocycles. The number of carbonyl (C=O) groups excluding carboxylic acids is 3. The summed E-state index contributed by atoms with van der Waals surface area (Å²) in [5.74, 6) is -0.898. The minimum absolute atomic E-state index is 0.0835. The molecular weight excluding hydrogens is 388 g/mol. The number of nitrogens with one attached hydrogen (secondary N) is 1. The maximum atomic E-state index is 13.0. The van der Waals surface area contributed by atoms with Gasteiger partial charge in [0.05, 0.1) is 19.1 Å². The Morgan fingerprint density at radius 1 is 1.23 bits per heavy atom. The Bertz CT molecular complexity index is 643. The number of methoxy groups -OCH3 is 1. The van der Waals surface area contributed by atoms with Gasteiger partial charge in [0.15, 0.2) is 0 Å². The van der Waals surface area contributed by atoms with Crippen LogP contribution in [0.5, 0.6) is 0 Å². The molecule has 3 amide bonds. The molecule has 0 saturated carbocycles. The van der Waals surface area contributed by atoms with Crippen molar-refractivity contribution in [3.05, 3.63) is 11.3 Å². The van der Waals surface area contributed by atoms with Gasteiger partial charge in [-0.1, -0.05) is 0 Å². The molecule has 2 rings (SSSR count). The Morgan fingerprint density at radius 2 is 1.93 bits per heavy atom. The molecule has 2 aliphatic rings. The van der Waals surface area contributed by atoms with Crippen LogP contribution < -0.4 is 5.32 Å². The lowest BCUT2D eigenvalue weighted by atomic mass is 9.88. The van der Waals surface area contributed by atoms with Crippen LogP contribution in [0.4, 0.5) is 0 Å². The second-order valence-corrected chi connectivity index (χ2v) is 8.01. The molecule has 9 heteroatoms. The van der Waals surface area contributed by atoms with Crippen molar-refractivity contribution in [1.82, 2.24) is 20.0 Å². The zero-order valence-corrected chi connectivity index (χ0v) is 18.7. The highest BCUT2D eigenvalue weighted by atomic mass is 16.5. The predicted molar refractivity (Wildman–Crippen MR) is 113 cm³/mol. The van der Waals surface area contributed by atoms with Crippen molar-refractivity contribution in [3.63, 3.8) is 0 Å². The fraction of sp³-hybridized carbons (Fsp3) is 0.762. The van der Waals surface area contributed by atoms with Gasteiger partial charge in [-0.25, -0.2) is 0 Å². The van der Waals surface area contributed by atoms with Gasteiger partial charge in [-0.15, -0.1) is 0 Å². The van der Waals surface area contributed by atoms with Crippen LogP contribution in [0, 0.1) is 5.92 Å². The third kappa shape index (κ3) is 6.78. The number of allylic oxidation sites excluding steroid dienone is 1. The van der Waals surface area contributed by atoms with E-state index >= 15 is 0 Å². The number of carbonyl (C=O) groups is 3. The number of amides is 3. The molecule has 2 heterocycles. The first-order chi connectivity index (χ1) is 14.3. The summed E-state index contributed by atoms with van der Waals surface area (Å²) in [6.07, 6.45) is 1.04. The Kier molecular flexibility index (Phi) is 9.74. The second-order valence-electron chi connectivity index (χ2n) is 8.01. The highest BCUT2D eigenvalue weighted by Crippen LogP contribution is 2.30. The van der Waals surface area contributed by atoms with E-state index in [1.807, 2.05) is 0 Å². The quantitative estimate of drug-likeness (QED) is 0.499. The molecular formula is C21H36N4O5. The van der Waals surface area contributed by atoms with Crippen LogP contribution in [0.2, 0.25) is 0 Å². The Labute approximate surface area is 179 Å². The standard InChI is InChI=1S/C21H36N4O5/c1-16-18(21(28)23(2)3)14-17(20(27)25(16)7-5-11-29-4)15-19(26)22-6-8-24-9-12-30-13-10-24/h17H,5-15H2,1-4H3,(H,22,26). The minimum Gasteiger partial charge on any atom is -0.385 e. The van der Waals surface area contributed by atoms with Crippen LogP contribution in [0.3, 0.4) is 0 Å². The van der Waals surface area contributed by atoms with Gasteiger partial charge in [0.1, 0.15) is 0 Å². The average molecular weight is 425 g/mol. The second kappa shape index (κ2) is 12.0. The smallest absolute Gasteiger partial charge is 0.251 e. The number of hydrogen-bond donors (Lipinski definition) is 1. The van der Waals surface area contributed by atoms with E-state index in [0.717, 1.165) is 32.8 Å². The summed E-state index contributed by atoms with van der Waals surface area (Å²) in [5.41, 5.74) is 1.28. The lowest BCUT2D eigenvalue weighted by Crippen LogP contribution is -2.45. The van der Waals surface area contributed by atoms with Crippen molar-refractivity contribution in [2.24, 2.45) is 5.92 Å². The van der Waals surface area contributed by atoms with E-state index in [4.69, 9.17) is 9.47 Å². The SMILES string of the molecule is COCCCN1C(=O)C(CC(=O)NCCN2CCOCC2)CC(C(=O)N(C)C)=C1C. The molecule has 1 saturated heterocycles. The van der Waals surface area contributed by atoms with E-state index in [9.17, 15) is 14.4 Å². The van der Waals surface area contributed by atoms with Crippen LogP contribution in [0.25, 0.3) is 0 Å². The van der Waals surface area contributed by atoms with E-state index in [2.05, 4.69) is 10.2 Å². The largest absolute Gasteiger partial charge is 0.385 e. The molecule has 1 atom stereocenters. The van der Waals surface area contributed by atoms with Crippen molar-refractivity contribution in [3.8, 4) is 0 Å². The predicted octanol–water partition coefficient (Wildman–Crippen LogP) is 0.0721. The summed E-state index contributed by atoms with van der Waals surface area (Å²) in [6.45, 7) is 7.28. The number of rotatable bonds is 10. The van der Waals surface area contributed by atoms with Gasteiger partial charge in [0.25, 0.3) is 5.91 Å². The van der Waals surface area contributed by atoms with Crippen molar-refractivity contribution in [1.29, 1.82) is 0 Å². The maximum Gasteiger partial charge on any atom is 0.251 e. The molecule has 0 aromatic rings. The fourth-order valence-electron chi connectivity index (χ4n) is 3.82. The third-order valence-corrected chi connectivity index (χ3v) is 5.59. The van der Waals surface area contributed by atoms with Crippen molar-refractivity contribution >= 4 is 17.7 Å². The molecule has 0 radical (unpaired) electrons. The number of hydrogen-bond acceptors (Lipinski definition) is 6. The van der Waals surface area contributed by atoms with E-state index < -0.39 is 5.92 Å². The van der Waals surface area contributed by atoms with Crippen molar-refractivity contribution in [2.75, 3.05) is 73.7 Å². The van der Waals surface area contributed by atoms with E-state index in [1.54, 1.807) is 33.0 Å². The fourth-order valence-corrected chi connectivity index (χ4v) is 3.82. The number of ether oxygens (including phenoxy) is 2. The third-order valence-electron chi connectivity index (χ3n) is 5.59. The van der Waals surface area contributed by atoms with Gasteiger partial charge in [-0.3, -0.25) is 19.3 Å². The summed E-state index contributed by atoms with van der Waals surface area (Å²) in [6, 6.07) is 0. The zero-order chi connectivity index (χ0) is 22.1. The van der Waals surface area contributed by atoms with Crippen LogP contribution in [-0.2, 0) is 23.9 Å². The topological polar surface area (TPSA) is 91.4 Å². The van der Waals surface area contributed by atoms with Crippen LogP contribution in [0.1, 0.15) is 26.2 Å². The van der Waals surface area contributed by atoms with E-state index in [-0.39, 0.29) is 24.1 Å². The Morgan fingerprint density at radius 3 is 2.57 bits per heavy atom. The van der Waals surface area contributed by atoms with Gasteiger partial charge >= 0.3 is 0 Å². The van der Waals surface area contributed by atoms with Crippen molar-refractivity contribution < 1.29 is 23.9 Å². The van der Waals surface area contributed by atoms with Crippen LogP contribution >= 0.6 is 0 Å². The van der Waals surface area contributed by atoms with Gasteiger partial charge < -0.3 is 24.6 Å². The lowest BCUT2D eigenvalue weighted by molar-refractivity contribution is -0.138. The highest BCUT2D eigenvalue weighted by molar-refractivity contribution is 5.98. The first kappa shape index (κ1) is 24.3. The summed E-state index contributed by atoms with van der Waals surface area (Å²) in [5, 5.41) is 2.92. The summed E-state index contributed by atoms with van der Waals surface area (Å²) < 4.78 is 10.4. The van der Waals surface area contributed by atoms with Crippen LogP contribution in [-0.4, -0.2) is 106 Å². The first-order valence-electron chi connectivity index (χ1n) is 10.6. The van der Waals surface area contributed by atoms with Gasteiger partial charge in [0.2, 0.25) is 11.8 Å². The Balaban J connectivity index is 1.98. The van der Waals surface area contributed by atoms with Gasteiger partial charge in [0, 0.05) is 78.2 Å². The molecule has 1 N–H and O–H groups in total. The monoisotopic (exact) mass is 424 g/mol. The number of likely N-dealkylation sites (N-methyl/N-ethyl adjacent to an activating group) is 1. The molecule has 0 aromatic heterocycles. The summed E-state index contributed by atoms with van der Waals surface area (Å²) in [4.78, 5) is 43.6. The summed E-state index contributed by atoms with van der Waals surface area (Å²) >= 11 is 0. The van der Waals surface area contributed by atoms with Crippen LogP contribution in [0.15, 0.2) is 11.3 Å². The first-order valence-corrected chi connectivity index (χ1v) is 10.6. The number of morpholine rings is 1. The average Bonchev–Trinajstić information content (AvgIpc) is 2.72. The number of nitrogens with zero attached hydrogens (tertiary/aromatic N) is 3. The summed E-state index contributed by atoms with van der Waals surface area (Å²) in [7, 11) is 5.01. The molecule has 0 bridgehead atoms. The molecule has 0 spiro atoms. The molecule has 1 unspecified atom stereocenters. The molecule has 2 aliphatic heterocycles. The molecule has 30 heavy (non-hydrogen) atoms.